The molecule has 2 heterocycles. The van der Waals surface area contributed by atoms with Crippen molar-refractivity contribution in [2.75, 3.05) is 65.2 Å². The second-order valence-corrected chi connectivity index (χ2v) is 8.90. The molecule has 2 aliphatic rings. The van der Waals surface area contributed by atoms with E-state index in [9.17, 15) is 19.5 Å². The fourth-order valence-corrected chi connectivity index (χ4v) is 4.62. The maximum atomic E-state index is 12.1. The molecular weight excluding hydrogens is 464 g/mol. The van der Waals surface area contributed by atoms with Gasteiger partial charge in [-0.05, 0) is 16.9 Å². The Morgan fingerprint density at radius 2 is 1.66 bits per heavy atom. The summed E-state index contributed by atoms with van der Waals surface area (Å²) in [5.41, 5.74) is 0. The van der Waals surface area contributed by atoms with Gasteiger partial charge in [-0.25, -0.2) is 4.79 Å². The number of ether oxygens (including phenoxy) is 4. The summed E-state index contributed by atoms with van der Waals surface area (Å²) in [6.45, 7) is 2.78. The number of aliphatic carboxylic acids is 1. The molecular formula is C19H28N2O9S2. The molecule has 32 heavy (non-hydrogen) atoms. The van der Waals surface area contributed by atoms with Gasteiger partial charge in [0.05, 0.1) is 59.2 Å². The van der Waals surface area contributed by atoms with Crippen LogP contribution >= 0.6 is 21.6 Å². The van der Waals surface area contributed by atoms with E-state index in [2.05, 4.69) is 0 Å². The van der Waals surface area contributed by atoms with Gasteiger partial charge in [-0.2, -0.15) is 5.01 Å². The zero-order chi connectivity index (χ0) is 23.2. The number of aliphatic hydroxyl groups excluding tert-OH is 1. The number of hydrazine groups is 1. The summed E-state index contributed by atoms with van der Waals surface area (Å²) in [6.07, 6.45) is 4.06. The van der Waals surface area contributed by atoms with Gasteiger partial charge in [0.25, 0.3) is 11.8 Å². The molecule has 0 saturated carbocycles. The highest BCUT2D eigenvalue weighted by atomic mass is 33.1. The number of carbonyl (C=O) groups excluding carboxylic acids is 2. The second kappa shape index (κ2) is 15.3. The Hall–Kier alpha value is -1.61. The second-order valence-electron chi connectivity index (χ2n) is 6.47. The van der Waals surface area contributed by atoms with Crippen molar-refractivity contribution in [2.45, 2.75) is 12.5 Å². The molecule has 0 aromatic heterocycles. The molecule has 1 atom stereocenters. The van der Waals surface area contributed by atoms with E-state index in [0.717, 1.165) is 10.0 Å². The van der Waals surface area contributed by atoms with Crippen LogP contribution < -0.4 is 0 Å². The molecule has 13 heteroatoms. The zero-order valence-corrected chi connectivity index (χ0v) is 19.2. The number of rotatable bonds is 17. The van der Waals surface area contributed by atoms with Crippen molar-refractivity contribution in [1.82, 2.24) is 10.0 Å². The molecule has 0 aliphatic carbocycles. The molecule has 2 N–H and O–H groups in total. The monoisotopic (exact) mass is 492 g/mol. The molecule has 2 amide bonds. The summed E-state index contributed by atoms with van der Waals surface area (Å²) >= 11 is 0. The van der Waals surface area contributed by atoms with Crippen LogP contribution in [0.5, 0.6) is 0 Å². The van der Waals surface area contributed by atoms with E-state index in [1.807, 2.05) is 18.2 Å². The van der Waals surface area contributed by atoms with Crippen LogP contribution in [0.4, 0.5) is 0 Å². The molecule has 180 valence electrons. The van der Waals surface area contributed by atoms with E-state index in [-0.39, 0.29) is 19.6 Å². The number of hydrogen-bond donors (Lipinski definition) is 2. The van der Waals surface area contributed by atoms with Crippen LogP contribution in [0.1, 0.15) is 6.42 Å². The Balaban J connectivity index is 1.46. The smallest absolute Gasteiger partial charge is 0.329 e. The summed E-state index contributed by atoms with van der Waals surface area (Å²) in [5, 5.41) is 21.4. The number of hydrogen-bond acceptors (Lipinski definition) is 11. The quantitative estimate of drug-likeness (QED) is 0.164. The molecule has 0 bridgehead atoms. The van der Waals surface area contributed by atoms with Gasteiger partial charge in [-0.1, -0.05) is 22.9 Å². The minimum absolute atomic E-state index is 0.187. The molecule has 0 aromatic carbocycles. The van der Waals surface area contributed by atoms with Crippen molar-refractivity contribution in [2.24, 2.45) is 0 Å². The van der Waals surface area contributed by atoms with Gasteiger partial charge in [0.15, 0.2) is 0 Å². The normalized spacial score (nSPS) is 18.5. The molecule has 2 aliphatic heterocycles. The standard InChI is InChI=1S/C19H28N2O9S2/c22-15-13-16(23)21(19(15)26)20-4-2-1-3-17(20)32-31-12-11-29-8-7-27-5-6-28-9-10-30-14-18(24)25/h1-3,15,22H,4-14H2,(H,24,25). The number of amides is 2. The van der Waals surface area contributed by atoms with E-state index >= 15 is 0 Å². The number of aliphatic hydroxyl groups is 1. The van der Waals surface area contributed by atoms with E-state index < -0.39 is 23.9 Å². The van der Waals surface area contributed by atoms with E-state index in [4.69, 9.17) is 24.1 Å². The molecule has 11 nitrogen and oxygen atoms in total. The minimum atomic E-state index is -1.27. The van der Waals surface area contributed by atoms with Crippen molar-refractivity contribution in [3.8, 4) is 0 Å². The van der Waals surface area contributed by atoms with Crippen LogP contribution in [-0.2, 0) is 33.3 Å². The highest BCUT2D eigenvalue weighted by Crippen LogP contribution is 2.35. The van der Waals surface area contributed by atoms with Crippen molar-refractivity contribution >= 4 is 39.4 Å². The third kappa shape index (κ3) is 9.48. The van der Waals surface area contributed by atoms with Crippen LogP contribution in [0, 0.1) is 0 Å². The number of imide groups is 1. The Morgan fingerprint density at radius 1 is 1.03 bits per heavy atom. The predicted molar refractivity (Wildman–Crippen MR) is 117 cm³/mol. The summed E-state index contributed by atoms with van der Waals surface area (Å²) < 4.78 is 20.9. The zero-order valence-electron chi connectivity index (χ0n) is 17.6. The lowest BCUT2D eigenvalue weighted by Gasteiger charge is -2.33. The Bertz CT molecular complexity index is 690. The number of carbonyl (C=O) groups is 3. The van der Waals surface area contributed by atoms with Gasteiger partial charge < -0.3 is 29.2 Å². The Morgan fingerprint density at radius 3 is 2.25 bits per heavy atom. The summed E-state index contributed by atoms with van der Waals surface area (Å²) in [4.78, 5) is 34.3. The SMILES string of the molecule is O=C(O)COCCOCCOCCOCCSSC1=CC=CCN1N1C(=O)CC(O)C1=O. The van der Waals surface area contributed by atoms with Crippen molar-refractivity contribution < 1.29 is 43.5 Å². The third-order valence-electron chi connectivity index (χ3n) is 4.04. The third-order valence-corrected chi connectivity index (χ3v) is 6.38. The summed E-state index contributed by atoms with van der Waals surface area (Å²) in [6, 6.07) is 0. The van der Waals surface area contributed by atoms with Gasteiger partial charge in [0.2, 0.25) is 0 Å². The topological polar surface area (TPSA) is 135 Å². The first-order valence-electron chi connectivity index (χ1n) is 10.0. The maximum Gasteiger partial charge on any atom is 0.329 e. The molecule has 1 saturated heterocycles. The van der Waals surface area contributed by atoms with Crippen molar-refractivity contribution in [3.63, 3.8) is 0 Å². The van der Waals surface area contributed by atoms with Gasteiger partial charge in [-0.15, -0.1) is 0 Å². The average molecular weight is 493 g/mol. The number of carboxylic acid groups (broad SMARTS) is 1. The highest BCUT2D eigenvalue weighted by molar-refractivity contribution is 8.78. The number of carboxylic acids is 1. The van der Waals surface area contributed by atoms with E-state index in [1.54, 1.807) is 5.01 Å². The minimum Gasteiger partial charge on any atom is -0.480 e. The molecule has 0 radical (unpaired) electrons. The maximum absolute atomic E-state index is 12.1. The van der Waals surface area contributed by atoms with Crippen LogP contribution in [0.25, 0.3) is 0 Å². The first kappa shape index (κ1) is 26.6. The largest absolute Gasteiger partial charge is 0.480 e. The molecule has 0 spiro atoms. The highest BCUT2D eigenvalue weighted by Gasteiger charge is 2.41. The fourth-order valence-electron chi connectivity index (χ4n) is 2.61. The van der Waals surface area contributed by atoms with Gasteiger partial charge in [-0.3, -0.25) is 14.6 Å². The molecule has 2 rings (SSSR count). The molecule has 0 aromatic rings. The fraction of sp³-hybridized carbons (Fsp3) is 0.632. The lowest BCUT2D eigenvalue weighted by atomic mass is 10.3. The first-order chi connectivity index (χ1) is 15.5. The number of allylic oxidation sites excluding steroid dienone is 2. The van der Waals surface area contributed by atoms with E-state index in [1.165, 1.54) is 21.6 Å². The van der Waals surface area contributed by atoms with Crippen LogP contribution in [0.3, 0.4) is 0 Å². The van der Waals surface area contributed by atoms with Crippen molar-refractivity contribution in [1.29, 1.82) is 0 Å². The van der Waals surface area contributed by atoms with Gasteiger partial charge >= 0.3 is 5.97 Å². The Labute approximate surface area is 194 Å². The molecule has 1 fully saturated rings. The van der Waals surface area contributed by atoms with Crippen LogP contribution in [0.15, 0.2) is 23.3 Å². The van der Waals surface area contributed by atoms with Crippen LogP contribution in [-0.4, -0.2) is 109 Å². The van der Waals surface area contributed by atoms with Gasteiger partial charge in [0.1, 0.15) is 17.7 Å². The first-order valence-corrected chi connectivity index (χ1v) is 12.3. The average Bonchev–Trinajstić information content (AvgIpc) is 3.02. The lowest BCUT2D eigenvalue weighted by molar-refractivity contribution is -0.155. The van der Waals surface area contributed by atoms with E-state index in [0.29, 0.717) is 51.9 Å². The van der Waals surface area contributed by atoms with Gasteiger partial charge in [0, 0.05) is 5.75 Å². The van der Waals surface area contributed by atoms with Crippen molar-refractivity contribution in [3.05, 3.63) is 23.3 Å². The predicted octanol–water partition coefficient (Wildman–Crippen LogP) is 0.267. The Kier molecular flexibility index (Phi) is 12.7. The summed E-state index contributed by atoms with van der Waals surface area (Å²) in [5.74, 6) is -1.31. The number of nitrogens with zero attached hydrogens (tertiary/aromatic N) is 2. The lowest BCUT2D eigenvalue weighted by Crippen LogP contribution is -2.46. The molecule has 1 unspecified atom stereocenters. The summed E-state index contributed by atoms with van der Waals surface area (Å²) in [7, 11) is 2.97. The van der Waals surface area contributed by atoms with Crippen LogP contribution in [0.2, 0.25) is 0 Å².